The summed E-state index contributed by atoms with van der Waals surface area (Å²) in [6, 6.07) is 7.02. The standard InChI is InChI=1S/C15H16F2N4O3/c16-14(17)24-12-3-1-2-11(8-12)9-20-4-5-21-10-13(19-22)18-15(21)23-7-6-20/h1-3,8,10,14H,4-7,9H2. The molecule has 2 aromatic rings. The minimum atomic E-state index is -2.84. The van der Waals surface area contributed by atoms with Crippen LogP contribution in [0.1, 0.15) is 5.56 Å². The van der Waals surface area contributed by atoms with Crippen LogP contribution in [0.4, 0.5) is 14.6 Å². The van der Waals surface area contributed by atoms with Gasteiger partial charge in [-0.25, -0.2) is 0 Å². The van der Waals surface area contributed by atoms with Gasteiger partial charge in [-0.1, -0.05) is 12.1 Å². The van der Waals surface area contributed by atoms with Crippen molar-refractivity contribution in [2.45, 2.75) is 19.7 Å². The van der Waals surface area contributed by atoms with E-state index in [1.54, 1.807) is 22.9 Å². The molecule has 128 valence electrons. The Morgan fingerprint density at radius 2 is 2.21 bits per heavy atom. The van der Waals surface area contributed by atoms with Crippen molar-refractivity contribution in [3.8, 4) is 11.8 Å². The second-order valence-electron chi connectivity index (χ2n) is 5.32. The van der Waals surface area contributed by atoms with Gasteiger partial charge in [-0.15, -0.1) is 4.91 Å². The summed E-state index contributed by atoms with van der Waals surface area (Å²) in [5.41, 5.74) is 0.870. The average molecular weight is 338 g/mol. The number of hydrogen-bond donors (Lipinski definition) is 0. The van der Waals surface area contributed by atoms with Crippen LogP contribution < -0.4 is 9.47 Å². The fourth-order valence-electron chi connectivity index (χ4n) is 2.57. The van der Waals surface area contributed by atoms with Gasteiger partial charge in [-0.05, 0) is 22.9 Å². The predicted molar refractivity (Wildman–Crippen MR) is 81.5 cm³/mol. The number of benzene rings is 1. The van der Waals surface area contributed by atoms with Crippen LogP contribution >= 0.6 is 0 Å². The largest absolute Gasteiger partial charge is 0.463 e. The fourth-order valence-corrected chi connectivity index (χ4v) is 2.57. The first-order valence-electron chi connectivity index (χ1n) is 7.43. The molecule has 3 rings (SSSR count). The lowest BCUT2D eigenvalue weighted by molar-refractivity contribution is -0.0499. The lowest BCUT2D eigenvalue weighted by Crippen LogP contribution is -2.33. The Labute approximate surface area is 136 Å². The van der Waals surface area contributed by atoms with E-state index in [4.69, 9.17) is 4.74 Å². The third kappa shape index (κ3) is 4.05. The van der Waals surface area contributed by atoms with Crippen molar-refractivity contribution in [2.24, 2.45) is 5.18 Å². The smallest absolute Gasteiger partial charge is 0.387 e. The van der Waals surface area contributed by atoms with Crippen LogP contribution in [0.5, 0.6) is 11.8 Å². The van der Waals surface area contributed by atoms with Crippen molar-refractivity contribution in [1.82, 2.24) is 14.5 Å². The summed E-state index contributed by atoms with van der Waals surface area (Å²) in [6.45, 7) is 0.0811. The zero-order chi connectivity index (χ0) is 16.9. The highest BCUT2D eigenvalue weighted by Crippen LogP contribution is 2.21. The second kappa shape index (κ2) is 7.35. The quantitative estimate of drug-likeness (QED) is 0.784. The van der Waals surface area contributed by atoms with Gasteiger partial charge < -0.3 is 9.47 Å². The van der Waals surface area contributed by atoms with Gasteiger partial charge >= 0.3 is 6.61 Å². The van der Waals surface area contributed by atoms with Crippen molar-refractivity contribution < 1.29 is 18.3 Å². The zero-order valence-corrected chi connectivity index (χ0v) is 12.8. The van der Waals surface area contributed by atoms with Gasteiger partial charge in [0.2, 0.25) is 5.82 Å². The van der Waals surface area contributed by atoms with E-state index in [1.165, 1.54) is 6.07 Å². The van der Waals surface area contributed by atoms with E-state index >= 15 is 0 Å². The molecule has 0 radical (unpaired) electrons. The van der Waals surface area contributed by atoms with Gasteiger partial charge in [-0.3, -0.25) is 9.47 Å². The zero-order valence-electron chi connectivity index (χ0n) is 12.8. The molecule has 0 aliphatic carbocycles. The molecule has 1 aliphatic rings. The number of hydrogen-bond acceptors (Lipinski definition) is 6. The van der Waals surface area contributed by atoms with Crippen LogP contribution in [0.25, 0.3) is 0 Å². The molecule has 0 atom stereocenters. The molecule has 0 unspecified atom stereocenters. The van der Waals surface area contributed by atoms with Gasteiger partial charge in [0.05, 0.1) is 6.20 Å². The average Bonchev–Trinajstić information content (AvgIpc) is 2.91. The third-order valence-electron chi connectivity index (χ3n) is 3.65. The molecule has 0 spiro atoms. The predicted octanol–water partition coefficient (Wildman–Crippen LogP) is 2.78. The number of halogens is 2. The summed E-state index contributed by atoms with van der Waals surface area (Å²) in [5.74, 6) is 0.236. The molecule has 7 nitrogen and oxygen atoms in total. The number of alkyl halides is 2. The van der Waals surface area contributed by atoms with Crippen molar-refractivity contribution in [3.63, 3.8) is 0 Å². The van der Waals surface area contributed by atoms with E-state index in [-0.39, 0.29) is 11.6 Å². The molecular weight excluding hydrogens is 322 g/mol. The Hall–Kier alpha value is -2.55. The first kappa shape index (κ1) is 16.3. The Balaban J connectivity index is 1.65. The van der Waals surface area contributed by atoms with Gasteiger partial charge in [0.25, 0.3) is 6.01 Å². The van der Waals surface area contributed by atoms with Crippen LogP contribution in [0, 0.1) is 4.91 Å². The SMILES string of the molecule is O=Nc1cn2c(n1)OCCN(Cc1cccc(OC(F)F)c1)CC2. The van der Waals surface area contributed by atoms with Crippen molar-refractivity contribution in [3.05, 3.63) is 40.9 Å². The van der Waals surface area contributed by atoms with Crippen LogP contribution in [0.2, 0.25) is 0 Å². The minimum Gasteiger partial charge on any atom is -0.463 e. The van der Waals surface area contributed by atoms with Crippen LogP contribution in [-0.2, 0) is 13.1 Å². The van der Waals surface area contributed by atoms with Crippen LogP contribution in [-0.4, -0.2) is 40.8 Å². The number of aromatic nitrogens is 2. The maximum Gasteiger partial charge on any atom is 0.387 e. The molecule has 0 saturated carbocycles. The Morgan fingerprint density at radius 1 is 1.33 bits per heavy atom. The molecule has 0 bridgehead atoms. The highest BCUT2D eigenvalue weighted by atomic mass is 19.3. The summed E-state index contributed by atoms with van der Waals surface area (Å²) >= 11 is 0. The summed E-state index contributed by atoms with van der Waals surface area (Å²) in [5, 5.41) is 2.81. The van der Waals surface area contributed by atoms with Crippen LogP contribution in [0.3, 0.4) is 0 Å². The van der Waals surface area contributed by atoms with E-state index in [9.17, 15) is 13.7 Å². The first-order valence-corrected chi connectivity index (χ1v) is 7.43. The monoisotopic (exact) mass is 338 g/mol. The van der Waals surface area contributed by atoms with Gasteiger partial charge in [-0.2, -0.15) is 13.8 Å². The van der Waals surface area contributed by atoms with Crippen LogP contribution in [0.15, 0.2) is 35.6 Å². The summed E-state index contributed by atoms with van der Waals surface area (Å²) in [4.78, 5) is 16.7. The Morgan fingerprint density at radius 3 is 3.00 bits per heavy atom. The van der Waals surface area contributed by atoms with Gasteiger partial charge in [0.15, 0.2) is 0 Å². The number of imidazole rings is 1. The molecule has 0 saturated heterocycles. The van der Waals surface area contributed by atoms with Crippen molar-refractivity contribution in [2.75, 3.05) is 19.7 Å². The van der Waals surface area contributed by atoms with E-state index in [0.717, 1.165) is 5.56 Å². The molecule has 9 heteroatoms. The Kier molecular flexibility index (Phi) is 4.99. The number of nitroso groups, excluding NO2 is 1. The molecule has 1 aliphatic heterocycles. The maximum absolute atomic E-state index is 12.3. The summed E-state index contributed by atoms with van der Waals surface area (Å²) in [7, 11) is 0. The third-order valence-corrected chi connectivity index (χ3v) is 3.65. The van der Waals surface area contributed by atoms with Gasteiger partial charge in [0.1, 0.15) is 12.4 Å². The van der Waals surface area contributed by atoms with E-state index in [2.05, 4.69) is 19.8 Å². The fraction of sp³-hybridized carbons (Fsp3) is 0.400. The second-order valence-corrected chi connectivity index (χ2v) is 5.32. The minimum absolute atomic E-state index is 0.0929. The summed E-state index contributed by atoms with van der Waals surface area (Å²) < 4.78 is 36.3. The topological polar surface area (TPSA) is 69.0 Å². The number of ether oxygens (including phenoxy) is 2. The molecule has 1 aromatic heterocycles. The molecule has 2 heterocycles. The molecule has 0 amide bonds. The van der Waals surface area contributed by atoms with Crippen molar-refractivity contribution in [1.29, 1.82) is 0 Å². The molecule has 0 N–H and O–H groups in total. The first-order chi connectivity index (χ1) is 11.6. The lowest BCUT2D eigenvalue weighted by atomic mass is 10.2. The number of rotatable bonds is 5. The number of nitrogens with zero attached hydrogens (tertiary/aromatic N) is 4. The van der Waals surface area contributed by atoms with E-state index in [1.807, 2.05) is 6.07 Å². The molecule has 1 aromatic carbocycles. The molecule has 24 heavy (non-hydrogen) atoms. The van der Waals surface area contributed by atoms with E-state index in [0.29, 0.717) is 38.8 Å². The number of fused-ring (bicyclic) bond motifs is 1. The highest BCUT2D eigenvalue weighted by molar-refractivity contribution is 5.29. The van der Waals surface area contributed by atoms with Gasteiger partial charge in [0, 0.05) is 26.2 Å². The molecule has 0 fully saturated rings. The normalized spacial score (nSPS) is 15.3. The lowest BCUT2D eigenvalue weighted by Gasteiger charge is -2.25. The maximum atomic E-state index is 12.3. The summed E-state index contributed by atoms with van der Waals surface area (Å²) in [6.07, 6.45) is 1.54. The highest BCUT2D eigenvalue weighted by Gasteiger charge is 2.16. The van der Waals surface area contributed by atoms with Crippen molar-refractivity contribution >= 4 is 5.82 Å². The van der Waals surface area contributed by atoms with E-state index < -0.39 is 6.61 Å². The Bertz CT molecular complexity index is 708. The molecular formula is C15H16F2N4O3.